The van der Waals surface area contributed by atoms with Gasteiger partial charge in [-0.15, -0.1) is 0 Å². The van der Waals surface area contributed by atoms with Gasteiger partial charge < -0.3 is 10.1 Å². The molecule has 0 radical (unpaired) electrons. The highest BCUT2D eigenvalue weighted by molar-refractivity contribution is 5.89. The van der Waals surface area contributed by atoms with Crippen molar-refractivity contribution in [3.8, 4) is 0 Å². The zero-order valence-electron chi connectivity index (χ0n) is 11.4. The summed E-state index contributed by atoms with van der Waals surface area (Å²) in [5.74, 6) is -0.227. The van der Waals surface area contributed by atoms with Crippen LogP contribution in [0.2, 0.25) is 0 Å². The molecule has 0 bridgehead atoms. The minimum atomic E-state index is -0.227. The molecule has 0 aromatic heterocycles. The van der Waals surface area contributed by atoms with Crippen LogP contribution in [-0.4, -0.2) is 19.1 Å². The first-order chi connectivity index (χ1) is 8.77. The van der Waals surface area contributed by atoms with Gasteiger partial charge in [0.15, 0.2) is 0 Å². The van der Waals surface area contributed by atoms with Crippen LogP contribution in [0.25, 0.3) is 0 Å². The molecule has 0 spiro atoms. The molecule has 1 N–H and O–H groups in total. The fourth-order valence-corrected chi connectivity index (χ4v) is 1.71. The van der Waals surface area contributed by atoms with E-state index in [1.807, 2.05) is 19.1 Å². The highest BCUT2D eigenvalue weighted by Crippen LogP contribution is 2.10. The largest absolute Gasteiger partial charge is 0.462 e. The van der Waals surface area contributed by atoms with Crippen molar-refractivity contribution in [2.24, 2.45) is 0 Å². The molecule has 3 nitrogen and oxygen atoms in total. The van der Waals surface area contributed by atoms with E-state index in [0.29, 0.717) is 12.2 Å². The zero-order valence-corrected chi connectivity index (χ0v) is 11.4. The van der Waals surface area contributed by atoms with Crippen molar-refractivity contribution in [2.45, 2.75) is 39.5 Å². The van der Waals surface area contributed by atoms with Crippen LogP contribution in [0.3, 0.4) is 0 Å². The molecule has 3 heteroatoms. The van der Waals surface area contributed by atoms with E-state index in [0.717, 1.165) is 25.1 Å². The summed E-state index contributed by atoms with van der Waals surface area (Å²) in [5, 5.41) is 3.19. The van der Waals surface area contributed by atoms with E-state index >= 15 is 0 Å². The first kappa shape index (κ1) is 14.6. The van der Waals surface area contributed by atoms with Gasteiger partial charge in [0, 0.05) is 12.2 Å². The Balaban J connectivity index is 2.32. The summed E-state index contributed by atoms with van der Waals surface area (Å²) in [6.45, 7) is 5.60. The van der Waals surface area contributed by atoms with Crippen molar-refractivity contribution in [3.63, 3.8) is 0 Å². The number of ether oxygens (including phenoxy) is 1. The summed E-state index contributed by atoms with van der Waals surface area (Å²) in [6, 6.07) is 7.40. The molecule has 1 rings (SSSR count). The van der Waals surface area contributed by atoms with Crippen LogP contribution in [0.4, 0.5) is 5.69 Å². The molecule has 0 amide bonds. The Kier molecular flexibility index (Phi) is 6.92. The maximum absolute atomic E-state index is 11.7. The summed E-state index contributed by atoms with van der Waals surface area (Å²) in [6.07, 6.45) is 4.48. The molecule has 0 saturated heterocycles. The lowest BCUT2D eigenvalue weighted by molar-refractivity contribution is 0.0498. The van der Waals surface area contributed by atoms with Crippen LogP contribution in [0.5, 0.6) is 0 Å². The molecule has 0 aliphatic rings. The molecule has 1 aromatic carbocycles. The molecule has 0 aliphatic heterocycles. The second-order valence-corrected chi connectivity index (χ2v) is 4.30. The minimum absolute atomic E-state index is 0.227. The van der Waals surface area contributed by atoms with Crippen LogP contribution in [-0.2, 0) is 4.74 Å². The third-order valence-electron chi connectivity index (χ3n) is 2.73. The number of hydrogen-bond donors (Lipinski definition) is 1. The maximum atomic E-state index is 11.7. The number of carbonyl (C=O) groups excluding carboxylic acids is 1. The normalized spacial score (nSPS) is 10.1. The van der Waals surface area contributed by atoms with Crippen LogP contribution < -0.4 is 5.32 Å². The van der Waals surface area contributed by atoms with Gasteiger partial charge in [0.2, 0.25) is 0 Å². The fraction of sp³-hybridized carbons (Fsp3) is 0.533. The predicted molar refractivity (Wildman–Crippen MR) is 75.0 cm³/mol. The highest BCUT2D eigenvalue weighted by atomic mass is 16.5. The number of anilines is 1. The Hall–Kier alpha value is -1.51. The molecule has 100 valence electrons. The van der Waals surface area contributed by atoms with E-state index in [9.17, 15) is 4.79 Å². The van der Waals surface area contributed by atoms with E-state index < -0.39 is 0 Å². The lowest BCUT2D eigenvalue weighted by Gasteiger charge is -2.06. The van der Waals surface area contributed by atoms with Gasteiger partial charge >= 0.3 is 5.97 Å². The number of rotatable bonds is 8. The minimum Gasteiger partial charge on any atom is -0.462 e. The summed E-state index contributed by atoms with van der Waals surface area (Å²) < 4.78 is 5.22. The maximum Gasteiger partial charge on any atom is 0.338 e. The van der Waals surface area contributed by atoms with E-state index in [2.05, 4.69) is 12.2 Å². The number of hydrogen-bond acceptors (Lipinski definition) is 3. The monoisotopic (exact) mass is 249 g/mol. The van der Waals surface area contributed by atoms with Gasteiger partial charge in [0.1, 0.15) is 0 Å². The van der Waals surface area contributed by atoms with E-state index in [4.69, 9.17) is 4.74 Å². The molecular formula is C15H23NO2. The third-order valence-corrected chi connectivity index (χ3v) is 2.73. The molecule has 0 atom stereocenters. The van der Waals surface area contributed by atoms with Gasteiger partial charge in [-0.1, -0.05) is 26.2 Å². The second kappa shape index (κ2) is 8.56. The SMILES string of the molecule is CCCCCCOC(=O)c1ccc(NCC)cc1. The van der Waals surface area contributed by atoms with E-state index in [-0.39, 0.29) is 5.97 Å². The molecule has 0 unspecified atom stereocenters. The Morgan fingerprint density at radius 1 is 1.11 bits per heavy atom. The molecule has 0 fully saturated rings. The quantitative estimate of drug-likeness (QED) is 0.561. The van der Waals surface area contributed by atoms with Crippen molar-refractivity contribution < 1.29 is 9.53 Å². The van der Waals surface area contributed by atoms with Crippen molar-refractivity contribution in [2.75, 3.05) is 18.5 Å². The highest BCUT2D eigenvalue weighted by Gasteiger charge is 2.06. The predicted octanol–water partition coefficient (Wildman–Crippen LogP) is 3.86. The molecule has 1 aromatic rings. The topological polar surface area (TPSA) is 38.3 Å². The van der Waals surface area contributed by atoms with Crippen molar-refractivity contribution in [1.29, 1.82) is 0 Å². The Bertz CT molecular complexity index is 346. The van der Waals surface area contributed by atoms with Gasteiger partial charge in [0.25, 0.3) is 0 Å². The number of benzene rings is 1. The third kappa shape index (κ3) is 5.21. The van der Waals surface area contributed by atoms with E-state index in [1.165, 1.54) is 12.8 Å². The summed E-state index contributed by atoms with van der Waals surface area (Å²) in [7, 11) is 0. The number of carbonyl (C=O) groups is 1. The lowest BCUT2D eigenvalue weighted by Crippen LogP contribution is -2.06. The lowest BCUT2D eigenvalue weighted by atomic mass is 10.2. The fourth-order valence-electron chi connectivity index (χ4n) is 1.71. The van der Waals surface area contributed by atoms with Crippen molar-refractivity contribution in [1.82, 2.24) is 0 Å². The van der Waals surface area contributed by atoms with Crippen LogP contribution in [0.1, 0.15) is 49.9 Å². The standard InChI is InChI=1S/C15H23NO2/c1-3-5-6-7-12-18-15(17)13-8-10-14(11-9-13)16-4-2/h8-11,16H,3-7,12H2,1-2H3. The Labute approximate surface area is 110 Å². The number of esters is 1. The van der Waals surface area contributed by atoms with Gasteiger partial charge in [-0.3, -0.25) is 0 Å². The summed E-state index contributed by atoms with van der Waals surface area (Å²) in [4.78, 5) is 11.7. The summed E-state index contributed by atoms with van der Waals surface area (Å²) >= 11 is 0. The first-order valence-corrected chi connectivity index (χ1v) is 6.79. The zero-order chi connectivity index (χ0) is 13.2. The van der Waals surface area contributed by atoms with Crippen LogP contribution in [0.15, 0.2) is 24.3 Å². The van der Waals surface area contributed by atoms with Gasteiger partial charge in [-0.25, -0.2) is 4.79 Å². The first-order valence-electron chi connectivity index (χ1n) is 6.79. The number of unbranched alkanes of at least 4 members (excludes halogenated alkanes) is 3. The van der Waals surface area contributed by atoms with Crippen LogP contribution in [0, 0.1) is 0 Å². The average Bonchev–Trinajstić information content (AvgIpc) is 2.39. The number of nitrogens with one attached hydrogen (secondary N) is 1. The molecule has 0 heterocycles. The van der Waals surface area contributed by atoms with Crippen molar-refractivity contribution >= 4 is 11.7 Å². The van der Waals surface area contributed by atoms with E-state index in [1.54, 1.807) is 12.1 Å². The van der Waals surface area contributed by atoms with Gasteiger partial charge in [-0.2, -0.15) is 0 Å². The Morgan fingerprint density at radius 3 is 2.44 bits per heavy atom. The average molecular weight is 249 g/mol. The second-order valence-electron chi connectivity index (χ2n) is 4.30. The molecule has 0 aliphatic carbocycles. The van der Waals surface area contributed by atoms with Gasteiger partial charge in [-0.05, 0) is 37.6 Å². The smallest absolute Gasteiger partial charge is 0.338 e. The molecule has 0 saturated carbocycles. The molecular weight excluding hydrogens is 226 g/mol. The van der Waals surface area contributed by atoms with Crippen molar-refractivity contribution in [3.05, 3.63) is 29.8 Å². The van der Waals surface area contributed by atoms with Gasteiger partial charge in [0.05, 0.1) is 12.2 Å². The Morgan fingerprint density at radius 2 is 1.83 bits per heavy atom. The van der Waals surface area contributed by atoms with Crippen LogP contribution >= 0.6 is 0 Å². The summed E-state index contributed by atoms with van der Waals surface area (Å²) in [5.41, 5.74) is 1.64. The molecule has 18 heavy (non-hydrogen) atoms.